The molecule has 1 aliphatic rings. The molecular formula is C13H17FN2O2. The van der Waals surface area contributed by atoms with Gasteiger partial charge in [0.25, 0.3) is 0 Å². The van der Waals surface area contributed by atoms with Gasteiger partial charge in [-0.3, -0.25) is 4.79 Å². The van der Waals surface area contributed by atoms with E-state index in [0.29, 0.717) is 18.0 Å². The van der Waals surface area contributed by atoms with Gasteiger partial charge < -0.3 is 16.2 Å². The van der Waals surface area contributed by atoms with Gasteiger partial charge in [0, 0.05) is 11.1 Å². The molecule has 1 saturated carbocycles. The van der Waals surface area contributed by atoms with Gasteiger partial charge in [0.2, 0.25) is 5.91 Å². The zero-order valence-electron chi connectivity index (χ0n) is 10.1. The Bertz CT molecular complexity index is 445. The van der Waals surface area contributed by atoms with Crippen molar-refractivity contribution in [3.05, 3.63) is 35.1 Å². The number of primary amides is 1. The van der Waals surface area contributed by atoms with Crippen molar-refractivity contribution in [2.45, 2.75) is 25.6 Å². The quantitative estimate of drug-likeness (QED) is 0.826. The van der Waals surface area contributed by atoms with Gasteiger partial charge in [0.1, 0.15) is 5.82 Å². The molecule has 0 atom stereocenters. The summed E-state index contributed by atoms with van der Waals surface area (Å²) in [5, 5.41) is 0. The first-order valence-electron chi connectivity index (χ1n) is 6.00. The fourth-order valence-corrected chi connectivity index (χ4v) is 2.03. The Hall–Kier alpha value is -1.46. The number of carbonyl (C=O) groups is 1. The van der Waals surface area contributed by atoms with E-state index in [1.54, 1.807) is 0 Å². The SMILES string of the molecule is NCC1CC(OCc2ccc(C(N)=O)cc2F)C1. The standard InChI is InChI=1S/C13H17FN2O2/c14-12-5-9(13(16)17)1-2-10(12)7-18-11-3-8(4-11)6-15/h1-2,5,8,11H,3-4,6-7,15H2,(H2,16,17). The van der Waals surface area contributed by atoms with Crippen molar-refractivity contribution in [1.29, 1.82) is 0 Å². The molecule has 1 aliphatic carbocycles. The van der Waals surface area contributed by atoms with Gasteiger partial charge >= 0.3 is 0 Å². The maximum Gasteiger partial charge on any atom is 0.248 e. The second-order valence-corrected chi connectivity index (χ2v) is 4.68. The predicted octanol–water partition coefficient (Wildman–Crippen LogP) is 1.18. The lowest BCUT2D eigenvalue weighted by atomic mass is 9.82. The topological polar surface area (TPSA) is 78.3 Å². The summed E-state index contributed by atoms with van der Waals surface area (Å²) < 4.78 is 19.2. The first kappa shape index (κ1) is 13.0. The van der Waals surface area contributed by atoms with Crippen LogP contribution >= 0.6 is 0 Å². The summed E-state index contributed by atoms with van der Waals surface area (Å²) in [6, 6.07) is 4.19. The Labute approximate surface area is 105 Å². The van der Waals surface area contributed by atoms with Crippen molar-refractivity contribution in [1.82, 2.24) is 0 Å². The summed E-state index contributed by atoms with van der Waals surface area (Å²) in [5.74, 6) is -0.552. The summed E-state index contributed by atoms with van der Waals surface area (Å²) >= 11 is 0. The average Bonchev–Trinajstić information content (AvgIpc) is 2.28. The zero-order chi connectivity index (χ0) is 13.1. The lowest BCUT2D eigenvalue weighted by Crippen LogP contribution is -2.35. The Balaban J connectivity index is 1.88. The smallest absolute Gasteiger partial charge is 0.248 e. The number of hydrogen-bond donors (Lipinski definition) is 2. The summed E-state index contributed by atoms with van der Waals surface area (Å²) in [5.41, 5.74) is 11.2. The van der Waals surface area contributed by atoms with E-state index in [1.165, 1.54) is 12.1 Å². The number of benzene rings is 1. The molecule has 0 heterocycles. The molecule has 0 saturated heterocycles. The average molecular weight is 252 g/mol. The Morgan fingerprint density at radius 1 is 1.44 bits per heavy atom. The fraction of sp³-hybridized carbons (Fsp3) is 0.462. The van der Waals surface area contributed by atoms with E-state index < -0.39 is 11.7 Å². The van der Waals surface area contributed by atoms with Crippen LogP contribution in [0.15, 0.2) is 18.2 Å². The molecule has 0 bridgehead atoms. The van der Waals surface area contributed by atoms with Crippen LogP contribution in [-0.2, 0) is 11.3 Å². The highest BCUT2D eigenvalue weighted by molar-refractivity contribution is 5.92. The molecule has 0 radical (unpaired) electrons. The molecule has 2 rings (SSSR count). The molecule has 0 aromatic heterocycles. The van der Waals surface area contributed by atoms with Crippen LogP contribution in [0.2, 0.25) is 0 Å². The van der Waals surface area contributed by atoms with Gasteiger partial charge in [-0.05, 0) is 37.4 Å². The third kappa shape index (κ3) is 2.86. The van der Waals surface area contributed by atoms with Crippen LogP contribution in [-0.4, -0.2) is 18.6 Å². The molecule has 4 N–H and O–H groups in total. The van der Waals surface area contributed by atoms with Gasteiger partial charge in [-0.1, -0.05) is 6.07 Å². The molecule has 0 unspecified atom stereocenters. The maximum atomic E-state index is 13.6. The van der Waals surface area contributed by atoms with Crippen molar-refractivity contribution >= 4 is 5.91 Å². The van der Waals surface area contributed by atoms with E-state index in [0.717, 1.165) is 18.9 Å². The van der Waals surface area contributed by atoms with Crippen molar-refractivity contribution in [3.8, 4) is 0 Å². The summed E-state index contributed by atoms with van der Waals surface area (Å²) in [6.45, 7) is 0.897. The molecule has 1 fully saturated rings. The van der Waals surface area contributed by atoms with Crippen LogP contribution in [0.5, 0.6) is 0 Å². The molecule has 0 spiro atoms. The number of hydrogen-bond acceptors (Lipinski definition) is 3. The third-order valence-electron chi connectivity index (χ3n) is 3.34. The number of rotatable bonds is 5. The number of amides is 1. The monoisotopic (exact) mass is 252 g/mol. The van der Waals surface area contributed by atoms with Gasteiger partial charge in [0.05, 0.1) is 12.7 Å². The van der Waals surface area contributed by atoms with E-state index >= 15 is 0 Å². The van der Waals surface area contributed by atoms with Crippen molar-refractivity contribution < 1.29 is 13.9 Å². The van der Waals surface area contributed by atoms with Crippen LogP contribution in [0.3, 0.4) is 0 Å². The Kier molecular flexibility index (Phi) is 3.93. The molecule has 4 nitrogen and oxygen atoms in total. The summed E-state index contributed by atoms with van der Waals surface area (Å²) in [4.78, 5) is 10.9. The molecule has 1 amide bonds. The highest BCUT2D eigenvalue weighted by Gasteiger charge is 2.28. The number of carbonyl (C=O) groups excluding carboxylic acids is 1. The lowest BCUT2D eigenvalue weighted by Gasteiger charge is -2.34. The molecular weight excluding hydrogens is 235 g/mol. The van der Waals surface area contributed by atoms with Crippen LogP contribution in [0, 0.1) is 11.7 Å². The van der Waals surface area contributed by atoms with E-state index in [1.807, 2.05) is 0 Å². The zero-order valence-corrected chi connectivity index (χ0v) is 10.1. The predicted molar refractivity (Wildman–Crippen MR) is 65.3 cm³/mol. The van der Waals surface area contributed by atoms with Crippen LogP contribution in [0.25, 0.3) is 0 Å². The summed E-state index contributed by atoms with van der Waals surface area (Å²) in [7, 11) is 0. The molecule has 1 aromatic carbocycles. The first-order chi connectivity index (χ1) is 8.60. The van der Waals surface area contributed by atoms with Gasteiger partial charge in [-0.25, -0.2) is 4.39 Å². The minimum Gasteiger partial charge on any atom is -0.373 e. The fourth-order valence-electron chi connectivity index (χ4n) is 2.03. The second-order valence-electron chi connectivity index (χ2n) is 4.68. The normalized spacial score (nSPS) is 22.6. The highest BCUT2D eigenvalue weighted by Crippen LogP contribution is 2.29. The molecule has 98 valence electrons. The summed E-state index contributed by atoms with van der Waals surface area (Å²) in [6.07, 6.45) is 2.06. The maximum absolute atomic E-state index is 13.6. The molecule has 5 heteroatoms. The van der Waals surface area contributed by atoms with Crippen molar-refractivity contribution in [2.75, 3.05) is 6.54 Å². The van der Waals surface area contributed by atoms with Gasteiger partial charge in [-0.15, -0.1) is 0 Å². The van der Waals surface area contributed by atoms with Crippen LogP contribution in [0.4, 0.5) is 4.39 Å². The largest absolute Gasteiger partial charge is 0.373 e. The van der Waals surface area contributed by atoms with Gasteiger partial charge in [-0.2, -0.15) is 0 Å². The van der Waals surface area contributed by atoms with Crippen molar-refractivity contribution in [3.63, 3.8) is 0 Å². The molecule has 1 aromatic rings. The number of nitrogens with two attached hydrogens (primary N) is 2. The van der Waals surface area contributed by atoms with E-state index in [2.05, 4.69) is 0 Å². The van der Waals surface area contributed by atoms with E-state index in [9.17, 15) is 9.18 Å². The van der Waals surface area contributed by atoms with Gasteiger partial charge in [0.15, 0.2) is 0 Å². The third-order valence-corrected chi connectivity index (χ3v) is 3.34. The Morgan fingerprint density at radius 2 is 2.17 bits per heavy atom. The Morgan fingerprint density at radius 3 is 2.72 bits per heavy atom. The minimum atomic E-state index is -0.633. The van der Waals surface area contributed by atoms with E-state index in [-0.39, 0.29) is 18.3 Å². The first-order valence-corrected chi connectivity index (χ1v) is 6.00. The molecule has 0 aliphatic heterocycles. The molecule has 18 heavy (non-hydrogen) atoms. The highest BCUT2D eigenvalue weighted by atomic mass is 19.1. The van der Waals surface area contributed by atoms with E-state index in [4.69, 9.17) is 16.2 Å². The second kappa shape index (κ2) is 5.46. The number of ether oxygens (including phenoxy) is 1. The minimum absolute atomic E-state index is 0.170. The van der Waals surface area contributed by atoms with Crippen LogP contribution < -0.4 is 11.5 Å². The number of halogens is 1. The van der Waals surface area contributed by atoms with Crippen molar-refractivity contribution in [2.24, 2.45) is 17.4 Å². The lowest BCUT2D eigenvalue weighted by molar-refractivity contribution is -0.0384. The van der Waals surface area contributed by atoms with Crippen LogP contribution in [0.1, 0.15) is 28.8 Å².